The highest BCUT2D eigenvalue weighted by Crippen LogP contribution is 2.19. The van der Waals surface area contributed by atoms with E-state index in [0.29, 0.717) is 11.3 Å². The summed E-state index contributed by atoms with van der Waals surface area (Å²) >= 11 is 5.76. The molecule has 0 aromatic carbocycles. The molecule has 0 bridgehead atoms. The molecule has 2 aromatic rings. The highest BCUT2D eigenvalue weighted by molar-refractivity contribution is 6.32. The zero-order valence-electron chi connectivity index (χ0n) is 11.4. The summed E-state index contributed by atoms with van der Waals surface area (Å²) in [6.07, 6.45) is 3.00. The number of hydrogen-bond donors (Lipinski definition) is 1. The SMILES string of the molecule is CCN(CC)c1ccc(NC(=O)c2ccoc2Cl)cn1. The summed E-state index contributed by atoms with van der Waals surface area (Å²) in [5.41, 5.74) is 0.919. The molecule has 106 valence electrons. The quantitative estimate of drug-likeness (QED) is 0.917. The number of anilines is 2. The van der Waals surface area contributed by atoms with Crippen molar-refractivity contribution >= 4 is 29.0 Å². The van der Waals surface area contributed by atoms with Gasteiger partial charge in [0.15, 0.2) is 0 Å². The monoisotopic (exact) mass is 293 g/mol. The summed E-state index contributed by atoms with van der Waals surface area (Å²) in [4.78, 5) is 18.4. The lowest BCUT2D eigenvalue weighted by molar-refractivity contribution is 0.102. The van der Waals surface area contributed by atoms with Crippen LogP contribution in [-0.2, 0) is 0 Å². The van der Waals surface area contributed by atoms with Crippen LogP contribution in [0, 0.1) is 0 Å². The molecular formula is C14H16ClN3O2. The fourth-order valence-electron chi connectivity index (χ4n) is 1.85. The number of pyridine rings is 1. The van der Waals surface area contributed by atoms with Gasteiger partial charge in [-0.25, -0.2) is 4.98 Å². The van der Waals surface area contributed by atoms with Crippen LogP contribution in [0.5, 0.6) is 0 Å². The number of nitrogens with one attached hydrogen (secondary N) is 1. The maximum absolute atomic E-state index is 11.9. The Morgan fingerprint density at radius 2 is 2.10 bits per heavy atom. The van der Waals surface area contributed by atoms with E-state index < -0.39 is 0 Å². The molecule has 0 radical (unpaired) electrons. The summed E-state index contributed by atoms with van der Waals surface area (Å²) in [6.45, 7) is 5.92. The second-order valence-electron chi connectivity index (χ2n) is 4.14. The summed E-state index contributed by atoms with van der Waals surface area (Å²) in [5.74, 6) is 0.565. The number of nitrogens with zero attached hydrogens (tertiary/aromatic N) is 2. The molecule has 0 fully saturated rings. The van der Waals surface area contributed by atoms with E-state index in [1.165, 1.54) is 12.3 Å². The van der Waals surface area contributed by atoms with Crippen molar-refractivity contribution < 1.29 is 9.21 Å². The number of carbonyl (C=O) groups excluding carboxylic acids is 1. The Morgan fingerprint density at radius 3 is 2.60 bits per heavy atom. The predicted octanol–water partition coefficient (Wildman–Crippen LogP) is 3.43. The minimum atomic E-state index is -0.318. The second-order valence-corrected chi connectivity index (χ2v) is 4.48. The van der Waals surface area contributed by atoms with Crippen LogP contribution in [0.15, 0.2) is 35.1 Å². The van der Waals surface area contributed by atoms with Gasteiger partial charge < -0.3 is 14.6 Å². The Hall–Kier alpha value is -2.01. The Balaban J connectivity index is 2.08. The largest absolute Gasteiger partial charge is 0.452 e. The van der Waals surface area contributed by atoms with E-state index in [0.717, 1.165) is 18.9 Å². The van der Waals surface area contributed by atoms with E-state index in [9.17, 15) is 4.79 Å². The molecule has 2 rings (SSSR count). The van der Waals surface area contributed by atoms with Crippen molar-refractivity contribution in [3.8, 4) is 0 Å². The average molecular weight is 294 g/mol. The fraction of sp³-hybridized carbons (Fsp3) is 0.286. The van der Waals surface area contributed by atoms with E-state index in [-0.39, 0.29) is 11.1 Å². The van der Waals surface area contributed by atoms with Crippen LogP contribution in [0.2, 0.25) is 5.22 Å². The van der Waals surface area contributed by atoms with Crippen LogP contribution in [-0.4, -0.2) is 24.0 Å². The van der Waals surface area contributed by atoms with Gasteiger partial charge in [0.2, 0.25) is 5.22 Å². The molecular weight excluding hydrogens is 278 g/mol. The van der Waals surface area contributed by atoms with E-state index in [4.69, 9.17) is 16.0 Å². The summed E-state index contributed by atoms with van der Waals surface area (Å²) in [7, 11) is 0. The third-order valence-corrected chi connectivity index (χ3v) is 3.25. The van der Waals surface area contributed by atoms with E-state index in [1.54, 1.807) is 6.20 Å². The second kappa shape index (κ2) is 6.43. The normalized spacial score (nSPS) is 10.3. The average Bonchev–Trinajstić information content (AvgIpc) is 2.88. The van der Waals surface area contributed by atoms with Crippen molar-refractivity contribution in [3.63, 3.8) is 0 Å². The standard InChI is InChI=1S/C14H16ClN3O2/c1-3-18(4-2)12-6-5-10(9-16-12)17-14(19)11-7-8-20-13(11)15/h5-9H,3-4H2,1-2H3,(H,17,19). The number of halogens is 1. The number of carbonyl (C=O) groups is 1. The zero-order valence-corrected chi connectivity index (χ0v) is 12.1. The summed E-state index contributed by atoms with van der Waals surface area (Å²) < 4.78 is 4.89. The van der Waals surface area contributed by atoms with Crippen LogP contribution in [0.25, 0.3) is 0 Å². The van der Waals surface area contributed by atoms with Crippen LogP contribution in [0.3, 0.4) is 0 Å². The molecule has 1 N–H and O–H groups in total. The molecule has 2 aromatic heterocycles. The molecule has 0 saturated heterocycles. The molecule has 0 aliphatic carbocycles. The van der Waals surface area contributed by atoms with Crippen molar-refractivity contribution in [1.82, 2.24) is 4.98 Å². The van der Waals surface area contributed by atoms with Crippen LogP contribution >= 0.6 is 11.6 Å². The predicted molar refractivity (Wildman–Crippen MR) is 79.5 cm³/mol. The topological polar surface area (TPSA) is 58.4 Å². The maximum Gasteiger partial charge on any atom is 0.260 e. The van der Waals surface area contributed by atoms with Gasteiger partial charge in [0.05, 0.1) is 23.7 Å². The molecule has 0 saturated carbocycles. The maximum atomic E-state index is 11.9. The molecule has 0 atom stereocenters. The Morgan fingerprint density at radius 1 is 1.35 bits per heavy atom. The first kappa shape index (κ1) is 14.4. The lowest BCUT2D eigenvalue weighted by atomic mass is 10.3. The van der Waals surface area contributed by atoms with Gasteiger partial charge >= 0.3 is 0 Å². The fourth-order valence-corrected chi connectivity index (χ4v) is 2.05. The summed E-state index contributed by atoms with van der Waals surface area (Å²) in [6, 6.07) is 5.21. The van der Waals surface area contributed by atoms with Crippen LogP contribution in [0.4, 0.5) is 11.5 Å². The summed E-state index contributed by atoms with van der Waals surface area (Å²) in [5, 5.41) is 2.80. The van der Waals surface area contributed by atoms with E-state index in [2.05, 4.69) is 29.0 Å². The van der Waals surface area contributed by atoms with Crippen molar-refractivity contribution in [3.05, 3.63) is 41.4 Å². The number of hydrogen-bond acceptors (Lipinski definition) is 4. The molecule has 0 unspecified atom stereocenters. The molecule has 2 heterocycles. The number of amides is 1. The van der Waals surface area contributed by atoms with Gasteiger partial charge in [0.1, 0.15) is 5.82 Å². The molecule has 0 aliphatic heterocycles. The van der Waals surface area contributed by atoms with E-state index >= 15 is 0 Å². The third-order valence-electron chi connectivity index (χ3n) is 2.96. The van der Waals surface area contributed by atoms with Gasteiger partial charge in [-0.2, -0.15) is 0 Å². The van der Waals surface area contributed by atoms with Gasteiger partial charge in [0.25, 0.3) is 5.91 Å². The molecule has 0 spiro atoms. The van der Waals surface area contributed by atoms with E-state index in [1.807, 2.05) is 12.1 Å². The van der Waals surface area contributed by atoms with Gasteiger partial charge in [-0.15, -0.1) is 0 Å². The van der Waals surface area contributed by atoms with Gasteiger partial charge in [-0.1, -0.05) is 0 Å². The minimum absolute atomic E-state index is 0.0789. The number of rotatable bonds is 5. The number of furan rings is 1. The van der Waals surface area contributed by atoms with Crippen molar-refractivity contribution in [2.75, 3.05) is 23.3 Å². The first-order chi connectivity index (χ1) is 9.65. The lowest BCUT2D eigenvalue weighted by Gasteiger charge is -2.19. The first-order valence-electron chi connectivity index (χ1n) is 6.41. The van der Waals surface area contributed by atoms with Gasteiger partial charge in [-0.05, 0) is 43.6 Å². The molecule has 1 amide bonds. The molecule has 0 aliphatic rings. The smallest absolute Gasteiger partial charge is 0.260 e. The molecule has 5 nitrogen and oxygen atoms in total. The number of aromatic nitrogens is 1. The Labute approximate surface area is 122 Å². The minimum Gasteiger partial charge on any atom is -0.452 e. The third kappa shape index (κ3) is 3.11. The Bertz CT molecular complexity index is 576. The molecule has 20 heavy (non-hydrogen) atoms. The van der Waals surface area contributed by atoms with Crippen molar-refractivity contribution in [2.24, 2.45) is 0 Å². The van der Waals surface area contributed by atoms with Gasteiger partial charge in [0, 0.05) is 13.1 Å². The van der Waals surface area contributed by atoms with Crippen molar-refractivity contribution in [1.29, 1.82) is 0 Å². The Kier molecular flexibility index (Phi) is 4.63. The van der Waals surface area contributed by atoms with Crippen LogP contribution in [0.1, 0.15) is 24.2 Å². The molecule has 6 heteroatoms. The lowest BCUT2D eigenvalue weighted by Crippen LogP contribution is -2.22. The highest BCUT2D eigenvalue weighted by atomic mass is 35.5. The van der Waals surface area contributed by atoms with Crippen LogP contribution < -0.4 is 10.2 Å². The van der Waals surface area contributed by atoms with Gasteiger partial charge in [-0.3, -0.25) is 4.79 Å². The zero-order chi connectivity index (χ0) is 14.5. The first-order valence-corrected chi connectivity index (χ1v) is 6.78. The van der Waals surface area contributed by atoms with Crippen molar-refractivity contribution in [2.45, 2.75) is 13.8 Å². The highest BCUT2D eigenvalue weighted by Gasteiger charge is 2.13.